The zero-order valence-corrected chi connectivity index (χ0v) is 15.4. The van der Waals surface area contributed by atoms with Crippen LogP contribution in [-0.2, 0) is 0 Å². The molecule has 0 aliphatic rings. The maximum absolute atomic E-state index is 12.3. The quantitative estimate of drug-likeness (QED) is 0.365. The molecule has 9 nitrogen and oxygen atoms in total. The van der Waals surface area contributed by atoms with Gasteiger partial charge in [0.25, 0.3) is 11.6 Å². The molecular formula is C19H20N6O3. The van der Waals surface area contributed by atoms with E-state index in [1.54, 1.807) is 0 Å². The van der Waals surface area contributed by atoms with Crippen LogP contribution >= 0.6 is 0 Å². The minimum absolute atomic E-state index is 0.207. The Kier molecular flexibility index (Phi) is 5.95. The third kappa shape index (κ3) is 4.50. The Morgan fingerprint density at radius 3 is 2.71 bits per heavy atom. The van der Waals surface area contributed by atoms with Crippen molar-refractivity contribution < 1.29 is 9.72 Å². The smallest absolute Gasteiger partial charge is 0.295 e. The molecule has 3 aromatic rings. The molecule has 1 heterocycles. The summed E-state index contributed by atoms with van der Waals surface area (Å²) in [5.74, 6) is -0.351. The van der Waals surface area contributed by atoms with Crippen LogP contribution in [0.3, 0.4) is 0 Å². The van der Waals surface area contributed by atoms with Crippen molar-refractivity contribution in [2.24, 2.45) is 0 Å². The number of benzene rings is 2. The second-order valence-corrected chi connectivity index (χ2v) is 6.17. The SMILES string of the molecule is CN(CCCNC(=O)c1ccc(-n2cncn2)c([N+](=O)[O-])c1)c1ccccc1. The van der Waals surface area contributed by atoms with Gasteiger partial charge in [-0.25, -0.2) is 9.67 Å². The molecule has 0 radical (unpaired) electrons. The molecule has 0 saturated heterocycles. The van der Waals surface area contributed by atoms with Crippen molar-refractivity contribution in [1.82, 2.24) is 20.1 Å². The van der Waals surface area contributed by atoms with Crippen molar-refractivity contribution in [2.75, 3.05) is 25.0 Å². The van der Waals surface area contributed by atoms with Gasteiger partial charge in [0, 0.05) is 37.5 Å². The zero-order chi connectivity index (χ0) is 19.9. The van der Waals surface area contributed by atoms with Crippen LogP contribution in [0.4, 0.5) is 11.4 Å². The number of hydrogen-bond acceptors (Lipinski definition) is 6. The van der Waals surface area contributed by atoms with E-state index in [0.717, 1.165) is 18.7 Å². The number of nitro groups is 1. The summed E-state index contributed by atoms with van der Waals surface area (Å²) in [6.45, 7) is 1.24. The monoisotopic (exact) mass is 380 g/mol. The van der Waals surface area contributed by atoms with Gasteiger partial charge in [0.2, 0.25) is 0 Å². The van der Waals surface area contributed by atoms with E-state index in [2.05, 4.69) is 20.3 Å². The van der Waals surface area contributed by atoms with Crippen LogP contribution in [0.1, 0.15) is 16.8 Å². The predicted octanol–water partition coefficient (Wildman–Crippen LogP) is 2.43. The molecule has 9 heteroatoms. The van der Waals surface area contributed by atoms with E-state index in [9.17, 15) is 14.9 Å². The first-order chi connectivity index (χ1) is 13.6. The average Bonchev–Trinajstić information content (AvgIpc) is 3.25. The number of hydrogen-bond donors (Lipinski definition) is 1. The Morgan fingerprint density at radius 2 is 2.04 bits per heavy atom. The summed E-state index contributed by atoms with van der Waals surface area (Å²) in [7, 11) is 1.99. The summed E-state index contributed by atoms with van der Waals surface area (Å²) in [6, 6.07) is 14.2. The van der Waals surface area contributed by atoms with Gasteiger partial charge in [-0.05, 0) is 30.7 Å². The lowest BCUT2D eigenvalue weighted by atomic mass is 10.1. The van der Waals surface area contributed by atoms with E-state index < -0.39 is 4.92 Å². The standard InChI is InChI=1S/C19H20N6O3/c1-23(16-6-3-2-4-7-16)11-5-10-21-19(26)15-8-9-17(18(12-15)25(27)28)24-14-20-13-22-24/h2-4,6-9,12-14H,5,10-11H2,1H3,(H,21,26). The maximum Gasteiger partial charge on any atom is 0.295 e. The summed E-state index contributed by atoms with van der Waals surface area (Å²) in [4.78, 5) is 29.1. The highest BCUT2D eigenvalue weighted by Crippen LogP contribution is 2.23. The van der Waals surface area contributed by atoms with Crippen LogP contribution in [0.2, 0.25) is 0 Å². The molecule has 3 rings (SSSR count). The van der Waals surface area contributed by atoms with Crippen LogP contribution < -0.4 is 10.2 Å². The number of rotatable bonds is 8. The molecule has 0 spiro atoms. The van der Waals surface area contributed by atoms with Crippen molar-refractivity contribution in [3.05, 3.63) is 76.9 Å². The van der Waals surface area contributed by atoms with Gasteiger partial charge in [-0.3, -0.25) is 14.9 Å². The van der Waals surface area contributed by atoms with Crippen LogP contribution in [0.25, 0.3) is 5.69 Å². The molecule has 0 aliphatic carbocycles. The molecule has 1 N–H and O–H groups in total. The molecule has 1 aromatic heterocycles. The van der Waals surface area contributed by atoms with Crippen molar-refractivity contribution in [1.29, 1.82) is 0 Å². The number of carbonyl (C=O) groups excluding carboxylic acids is 1. The normalized spacial score (nSPS) is 10.5. The summed E-state index contributed by atoms with van der Waals surface area (Å²) in [6.07, 6.45) is 3.40. The Balaban J connectivity index is 1.58. The molecular weight excluding hydrogens is 360 g/mol. The minimum Gasteiger partial charge on any atom is -0.375 e. The number of nitrogens with one attached hydrogen (secondary N) is 1. The second kappa shape index (κ2) is 8.76. The molecule has 2 aromatic carbocycles. The topological polar surface area (TPSA) is 106 Å². The van der Waals surface area contributed by atoms with E-state index in [4.69, 9.17) is 0 Å². The molecule has 1 amide bonds. The highest BCUT2D eigenvalue weighted by molar-refractivity contribution is 5.95. The van der Waals surface area contributed by atoms with Crippen molar-refractivity contribution in [3.8, 4) is 5.69 Å². The molecule has 0 atom stereocenters. The number of carbonyl (C=O) groups is 1. The highest BCUT2D eigenvalue weighted by atomic mass is 16.6. The van der Waals surface area contributed by atoms with E-state index in [0.29, 0.717) is 6.54 Å². The Morgan fingerprint density at radius 1 is 1.25 bits per heavy atom. The van der Waals surface area contributed by atoms with Crippen LogP contribution in [-0.4, -0.2) is 45.7 Å². The van der Waals surface area contributed by atoms with E-state index >= 15 is 0 Å². The number of anilines is 1. The van der Waals surface area contributed by atoms with Gasteiger partial charge in [0.15, 0.2) is 0 Å². The Bertz CT molecular complexity index is 944. The van der Waals surface area contributed by atoms with Gasteiger partial charge >= 0.3 is 0 Å². The van der Waals surface area contributed by atoms with E-state index in [-0.39, 0.29) is 22.8 Å². The fourth-order valence-corrected chi connectivity index (χ4v) is 2.77. The predicted molar refractivity (Wildman–Crippen MR) is 105 cm³/mol. The van der Waals surface area contributed by atoms with Crippen molar-refractivity contribution in [2.45, 2.75) is 6.42 Å². The third-order valence-electron chi connectivity index (χ3n) is 4.25. The number of amides is 1. The first kappa shape index (κ1) is 19.0. The van der Waals surface area contributed by atoms with Gasteiger partial charge in [0.05, 0.1) is 4.92 Å². The number of para-hydroxylation sites is 1. The highest BCUT2D eigenvalue weighted by Gasteiger charge is 2.19. The molecule has 0 fully saturated rings. The lowest BCUT2D eigenvalue weighted by Crippen LogP contribution is -2.28. The molecule has 144 valence electrons. The summed E-state index contributed by atoms with van der Waals surface area (Å²) < 4.78 is 1.29. The van der Waals surface area contributed by atoms with Gasteiger partial charge < -0.3 is 10.2 Å². The molecule has 0 bridgehead atoms. The Labute approximate surface area is 161 Å². The molecule has 0 aliphatic heterocycles. The Hall–Kier alpha value is -3.75. The maximum atomic E-state index is 12.3. The number of nitro benzene ring substituents is 1. The van der Waals surface area contributed by atoms with Crippen LogP contribution in [0.5, 0.6) is 0 Å². The molecule has 0 saturated carbocycles. The fraction of sp³-hybridized carbons (Fsp3) is 0.211. The van der Waals surface area contributed by atoms with Gasteiger partial charge in [-0.15, -0.1) is 0 Å². The lowest BCUT2D eigenvalue weighted by Gasteiger charge is -2.19. The number of nitrogens with zero attached hydrogens (tertiary/aromatic N) is 5. The first-order valence-electron chi connectivity index (χ1n) is 8.74. The summed E-state index contributed by atoms with van der Waals surface area (Å²) >= 11 is 0. The van der Waals surface area contributed by atoms with Crippen LogP contribution in [0, 0.1) is 10.1 Å². The lowest BCUT2D eigenvalue weighted by molar-refractivity contribution is -0.384. The summed E-state index contributed by atoms with van der Waals surface area (Å²) in [5, 5.41) is 18.1. The van der Waals surface area contributed by atoms with Crippen molar-refractivity contribution >= 4 is 17.3 Å². The average molecular weight is 380 g/mol. The molecule has 0 unspecified atom stereocenters. The summed E-state index contributed by atoms with van der Waals surface area (Å²) in [5.41, 5.74) is 1.38. The van der Waals surface area contributed by atoms with E-state index in [1.807, 2.05) is 37.4 Å². The largest absolute Gasteiger partial charge is 0.375 e. The third-order valence-corrected chi connectivity index (χ3v) is 4.25. The zero-order valence-electron chi connectivity index (χ0n) is 15.4. The van der Waals surface area contributed by atoms with E-state index in [1.165, 1.54) is 35.5 Å². The van der Waals surface area contributed by atoms with Gasteiger partial charge in [-0.2, -0.15) is 5.10 Å². The minimum atomic E-state index is -0.539. The van der Waals surface area contributed by atoms with Gasteiger partial charge in [0.1, 0.15) is 18.3 Å². The molecule has 28 heavy (non-hydrogen) atoms. The van der Waals surface area contributed by atoms with Gasteiger partial charge in [-0.1, -0.05) is 18.2 Å². The number of aromatic nitrogens is 3. The van der Waals surface area contributed by atoms with Crippen molar-refractivity contribution in [3.63, 3.8) is 0 Å². The fourth-order valence-electron chi connectivity index (χ4n) is 2.77. The van der Waals surface area contributed by atoms with Crippen LogP contribution in [0.15, 0.2) is 61.2 Å². The second-order valence-electron chi connectivity index (χ2n) is 6.17. The first-order valence-corrected chi connectivity index (χ1v) is 8.74.